The molecule has 0 spiro atoms. The van der Waals surface area contributed by atoms with Crippen molar-refractivity contribution in [3.05, 3.63) is 48.6 Å². The van der Waals surface area contributed by atoms with Crippen molar-refractivity contribution in [2.45, 2.75) is 259 Å². The number of fused-ring (bicyclic) bond motifs is 7. The first-order valence-corrected chi connectivity index (χ1v) is 35.8. The first kappa shape index (κ1) is 71.9. The van der Waals surface area contributed by atoms with Crippen LogP contribution < -0.4 is 0 Å². The van der Waals surface area contributed by atoms with Crippen LogP contribution in [0.5, 0.6) is 0 Å². The maximum Gasteiger partial charge on any atom is 0.333 e. The second-order valence-electron chi connectivity index (χ2n) is 28.7. The monoisotopic (exact) mass is 1210 g/mol. The van der Waals surface area contributed by atoms with Crippen molar-refractivity contribution < 1.29 is 57.2 Å². The lowest BCUT2D eigenvalue weighted by Gasteiger charge is -2.44. The Kier molecular flexibility index (Phi) is 32.9. The van der Waals surface area contributed by atoms with Gasteiger partial charge in [-0.1, -0.05) is 169 Å². The van der Waals surface area contributed by atoms with E-state index in [0.29, 0.717) is 110 Å². The van der Waals surface area contributed by atoms with Crippen molar-refractivity contribution in [1.29, 1.82) is 0 Å². The zero-order valence-electron chi connectivity index (χ0n) is 55.3. The van der Waals surface area contributed by atoms with Crippen molar-refractivity contribution in [1.82, 2.24) is 0 Å². The number of hydrogen-bond donors (Lipinski definition) is 0. The number of ether oxygens (including phenoxy) is 6. The summed E-state index contributed by atoms with van der Waals surface area (Å²) in [5.41, 5.74) is 0.873. The van der Waals surface area contributed by atoms with E-state index >= 15 is 0 Å². The molecule has 4 bridgehead atoms. The number of hydrogen-bond acceptors (Lipinski definition) is 12. The Morgan fingerprint density at radius 2 is 0.816 bits per heavy atom. The number of rotatable bonds is 42. The SMILES string of the molecule is C=C(C)C(=O)OCC1CC2CCC(COC(=O)/C=C/C(=O)OCCCCCCCC3C(CCCCCCCC)CCC(CCCCCC)C3CCCCCCCOC(=O)/C=C/C(=O)OCC3CC4C5CC(COC(=O)C(=C)C)C(C5)C4C3)CC(C)C1C2. The molecule has 15 unspecified atom stereocenters. The Morgan fingerprint density at radius 1 is 0.379 bits per heavy atom. The fraction of sp³-hybridized carbons (Fsp3) is 0.813. The number of esters is 6. The van der Waals surface area contributed by atoms with Gasteiger partial charge in [0.25, 0.3) is 0 Å². The Bertz CT molecular complexity index is 2180. The number of unbranched alkanes of at least 4 members (excludes halogenated alkanes) is 16. The molecule has 0 amide bonds. The lowest BCUT2D eigenvalue weighted by molar-refractivity contribution is -0.142. The molecule has 492 valence electrons. The van der Waals surface area contributed by atoms with Crippen LogP contribution in [0.15, 0.2) is 48.6 Å². The summed E-state index contributed by atoms with van der Waals surface area (Å²) in [4.78, 5) is 74.5. The van der Waals surface area contributed by atoms with E-state index in [4.69, 9.17) is 28.4 Å². The molecular formula is C75H120O12. The summed E-state index contributed by atoms with van der Waals surface area (Å²) in [6.07, 6.45) is 47.0. The summed E-state index contributed by atoms with van der Waals surface area (Å²) in [6.45, 7) is 20.0. The molecular weight excluding hydrogens is 1090 g/mol. The van der Waals surface area contributed by atoms with Crippen LogP contribution in [0.3, 0.4) is 0 Å². The Balaban J connectivity index is 0.848. The molecule has 0 saturated heterocycles. The molecule has 6 aliphatic carbocycles. The van der Waals surface area contributed by atoms with E-state index in [0.717, 1.165) is 107 Å². The van der Waals surface area contributed by atoms with E-state index in [1.807, 2.05) is 0 Å². The van der Waals surface area contributed by atoms with Crippen LogP contribution in [0.2, 0.25) is 0 Å². The van der Waals surface area contributed by atoms with Crippen LogP contribution in [-0.2, 0) is 57.2 Å². The quantitative estimate of drug-likeness (QED) is 0.0247. The van der Waals surface area contributed by atoms with Crippen molar-refractivity contribution in [2.24, 2.45) is 88.8 Å². The zero-order valence-corrected chi connectivity index (χ0v) is 55.3. The molecule has 15 atom stereocenters. The van der Waals surface area contributed by atoms with Gasteiger partial charge in [-0.15, -0.1) is 0 Å². The lowest BCUT2D eigenvalue weighted by atomic mass is 9.61. The average molecular weight is 1210 g/mol. The minimum Gasteiger partial charge on any atom is -0.463 e. The molecule has 6 rings (SSSR count). The van der Waals surface area contributed by atoms with Gasteiger partial charge < -0.3 is 28.4 Å². The summed E-state index contributed by atoms with van der Waals surface area (Å²) in [6, 6.07) is 0. The van der Waals surface area contributed by atoms with Crippen molar-refractivity contribution in [2.75, 3.05) is 39.6 Å². The molecule has 12 heteroatoms. The summed E-state index contributed by atoms with van der Waals surface area (Å²) in [7, 11) is 0. The molecule has 12 nitrogen and oxygen atoms in total. The Hall–Kier alpha value is -4.22. The molecule has 0 aliphatic heterocycles. The predicted molar refractivity (Wildman–Crippen MR) is 345 cm³/mol. The third kappa shape index (κ3) is 25.2. The maximum absolute atomic E-state index is 12.7. The van der Waals surface area contributed by atoms with Gasteiger partial charge in [0.15, 0.2) is 0 Å². The fourth-order valence-corrected chi connectivity index (χ4v) is 17.5. The van der Waals surface area contributed by atoms with E-state index in [2.05, 4.69) is 33.9 Å². The molecule has 87 heavy (non-hydrogen) atoms. The topological polar surface area (TPSA) is 158 Å². The van der Waals surface area contributed by atoms with E-state index in [1.54, 1.807) is 13.8 Å². The predicted octanol–water partition coefficient (Wildman–Crippen LogP) is 17.5. The second kappa shape index (κ2) is 39.8. The third-order valence-corrected chi connectivity index (χ3v) is 22.0. The van der Waals surface area contributed by atoms with Gasteiger partial charge in [-0.25, -0.2) is 28.8 Å². The van der Waals surface area contributed by atoms with Gasteiger partial charge in [-0.05, 0) is 193 Å². The van der Waals surface area contributed by atoms with Crippen LogP contribution in [0, 0.1) is 88.8 Å². The minimum atomic E-state index is -0.505. The van der Waals surface area contributed by atoms with Gasteiger partial charge in [0.1, 0.15) is 0 Å². The molecule has 0 N–H and O–H groups in total. The zero-order chi connectivity index (χ0) is 62.3. The van der Waals surface area contributed by atoms with Crippen LogP contribution in [-0.4, -0.2) is 75.5 Å². The summed E-state index contributed by atoms with van der Waals surface area (Å²) < 4.78 is 33.4. The van der Waals surface area contributed by atoms with Crippen LogP contribution in [0.1, 0.15) is 259 Å². The molecule has 6 saturated carbocycles. The number of carbonyl (C=O) groups is 6. The van der Waals surface area contributed by atoms with E-state index in [-0.39, 0.29) is 17.9 Å². The number of carbonyl (C=O) groups excluding carboxylic acids is 6. The highest BCUT2D eigenvalue weighted by Crippen LogP contribution is 2.62. The highest BCUT2D eigenvalue weighted by molar-refractivity contribution is 5.92. The molecule has 0 aromatic heterocycles. The molecule has 0 aromatic rings. The molecule has 0 radical (unpaired) electrons. The minimum absolute atomic E-state index is 0.271. The third-order valence-electron chi connectivity index (χ3n) is 22.0. The summed E-state index contributed by atoms with van der Waals surface area (Å²) in [5, 5.41) is 0. The van der Waals surface area contributed by atoms with Crippen LogP contribution in [0.25, 0.3) is 0 Å². The highest BCUT2D eigenvalue weighted by atomic mass is 16.6. The normalized spacial score (nSPS) is 29.1. The first-order chi connectivity index (χ1) is 42.1. The average Bonchev–Trinajstić information content (AvgIpc) is 1.64. The van der Waals surface area contributed by atoms with Crippen LogP contribution in [0.4, 0.5) is 0 Å². The fourth-order valence-electron chi connectivity index (χ4n) is 17.5. The second-order valence-corrected chi connectivity index (χ2v) is 28.7. The highest BCUT2D eigenvalue weighted by Gasteiger charge is 2.56. The smallest absolute Gasteiger partial charge is 0.333 e. The lowest BCUT2D eigenvalue weighted by Crippen LogP contribution is -2.35. The standard InChI is InChI=1S/C75H120O12/c1-8-10-12-14-17-23-29-60-35-34-59(28-22-13-11-9-2)64(30-24-18-15-20-27-41-83-71(77)37-39-73(79)85-50-58-45-67-61-47-63(52-87-75(81)54(5)6)68(48-61)69(67)46-58)65(60)31-25-19-16-21-26-40-82-70(76)36-38-72(78)84-49-57-33-32-56-43-62(51-86-74(80)53(3)4)66(44-56)55(7)42-57/h36-39,55-69H,3,5,8-35,40-52H2,1-2,4,6-7H3/b38-36+,39-37+. The van der Waals surface area contributed by atoms with Crippen molar-refractivity contribution >= 4 is 35.8 Å². The molecule has 6 aliphatic rings. The first-order valence-electron chi connectivity index (χ1n) is 35.8. The van der Waals surface area contributed by atoms with E-state index < -0.39 is 23.9 Å². The van der Waals surface area contributed by atoms with E-state index in [9.17, 15) is 28.8 Å². The molecule has 6 fully saturated rings. The van der Waals surface area contributed by atoms with Gasteiger partial charge in [0.2, 0.25) is 0 Å². The van der Waals surface area contributed by atoms with Gasteiger partial charge in [0.05, 0.1) is 39.6 Å². The Labute approximate surface area is 527 Å². The summed E-state index contributed by atoms with van der Waals surface area (Å²) in [5.74, 6) is 6.07. The van der Waals surface area contributed by atoms with Gasteiger partial charge in [0, 0.05) is 35.5 Å². The summed E-state index contributed by atoms with van der Waals surface area (Å²) >= 11 is 0. The van der Waals surface area contributed by atoms with Gasteiger partial charge in [-0.2, -0.15) is 0 Å². The molecule has 0 heterocycles. The Morgan fingerprint density at radius 3 is 1.33 bits per heavy atom. The molecule has 0 aromatic carbocycles. The van der Waals surface area contributed by atoms with Crippen LogP contribution >= 0.6 is 0 Å². The van der Waals surface area contributed by atoms with Gasteiger partial charge >= 0.3 is 35.8 Å². The van der Waals surface area contributed by atoms with E-state index in [1.165, 1.54) is 166 Å². The largest absolute Gasteiger partial charge is 0.463 e. The maximum atomic E-state index is 12.7. The van der Waals surface area contributed by atoms with Gasteiger partial charge in [-0.3, -0.25) is 0 Å². The van der Waals surface area contributed by atoms with Crippen molar-refractivity contribution in [3.63, 3.8) is 0 Å². The van der Waals surface area contributed by atoms with Crippen molar-refractivity contribution in [3.8, 4) is 0 Å².